The molecule has 11 atom stereocenters. The predicted molar refractivity (Wildman–Crippen MR) is 171 cm³/mol. The molecule has 0 bridgehead atoms. The van der Waals surface area contributed by atoms with Crippen molar-refractivity contribution in [1.29, 1.82) is 0 Å². The van der Waals surface area contributed by atoms with Crippen LogP contribution < -0.4 is 10.6 Å². The van der Waals surface area contributed by atoms with E-state index in [2.05, 4.69) is 39.4 Å². The second-order valence-corrected chi connectivity index (χ2v) is 15.3. The van der Waals surface area contributed by atoms with Gasteiger partial charge in [0.05, 0.1) is 49.1 Å². The van der Waals surface area contributed by atoms with Crippen molar-refractivity contribution in [1.82, 2.24) is 25.3 Å². The number of carbonyl (C=O) groups is 3. The average molecular weight is 644 g/mol. The molecule has 3 heterocycles. The number of nitrogens with zero attached hydrogens (tertiary/aromatic N) is 3. The number of amides is 1. The predicted octanol–water partition coefficient (Wildman–Crippen LogP) is 1.78. The molecule has 1 amide bonds. The third kappa shape index (κ3) is 6.19. The molecule has 256 valence electrons. The van der Waals surface area contributed by atoms with Gasteiger partial charge in [0.1, 0.15) is 12.0 Å². The van der Waals surface area contributed by atoms with Crippen LogP contribution in [0.5, 0.6) is 0 Å². The number of morpholine rings is 2. The van der Waals surface area contributed by atoms with Gasteiger partial charge in [-0.2, -0.15) is 0 Å². The van der Waals surface area contributed by atoms with Crippen molar-refractivity contribution in [3.05, 3.63) is 11.8 Å². The molecule has 7 aliphatic rings. The number of carbonyl (C=O) groups excluding carboxylic acids is 3. The number of nitrogens with one attached hydrogen (secondary N) is 2. The van der Waals surface area contributed by atoms with Crippen LogP contribution in [0.15, 0.2) is 11.8 Å². The molecule has 6 fully saturated rings. The minimum atomic E-state index is -1.27. The molecule has 4 saturated carbocycles. The highest BCUT2D eigenvalue weighted by Gasteiger charge is 2.62. The summed E-state index contributed by atoms with van der Waals surface area (Å²) in [6.45, 7) is 5.82. The van der Waals surface area contributed by atoms with Crippen LogP contribution in [0.3, 0.4) is 0 Å². The molecular weight excluding hydrogens is 589 g/mol. The van der Waals surface area contributed by atoms with Crippen molar-refractivity contribution in [2.45, 2.75) is 94.3 Å². The largest absolute Gasteiger partial charge is 0.379 e. The zero-order chi connectivity index (χ0) is 31.9. The Balaban J connectivity index is 1.13. The van der Waals surface area contributed by atoms with Crippen LogP contribution in [-0.4, -0.2) is 135 Å². The molecule has 11 heteroatoms. The van der Waals surface area contributed by atoms with Gasteiger partial charge >= 0.3 is 0 Å². The topological polar surface area (TPSA) is 103 Å². The minimum absolute atomic E-state index is 0.00209. The van der Waals surface area contributed by atoms with E-state index >= 15 is 4.39 Å². The first-order valence-corrected chi connectivity index (χ1v) is 18.1. The second-order valence-electron chi connectivity index (χ2n) is 15.3. The lowest BCUT2D eigenvalue weighted by molar-refractivity contribution is -0.206. The lowest BCUT2D eigenvalue weighted by Crippen LogP contribution is -2.73. The molecule has 0 aromatic carbocycles. The van der Waals surface area contributed by atoms with Crippen LogP contribution in [-0.2, 0) is 23.9 Å². The lowest BCUT2D eigenvalue weighted by atomic mass is 9.66. The van der Waals surface area contributed by atoms with E-state index in [1.54, 1.807) is 0 Å². The first-order valence-electron chi connectivity index (χ1n) is 18.1. The Labute approximate surface area is 273 Å². The third-order valence-corrected chi connectivity index (χ3v) is 12.4. The number of Topliss-reactive ketones (excluding diaryl/α,β-unsaturated/α-hetero) is 2. The fourth-order valence-corrected chi connectivity index (χ4v) is 10.2. The molecule has 11 unspecified atom stereocenters. The maximum absolute atomic E-state index is 16.1. The molecule has 7 rings (SSSR count). The number of alkyl halides is 1. The van der Waals surface area contributed by atoms with Crippen LogP contribution >= 0.6 is 0 Å². The molecule has 46 heavy (non-hydrogen) atoms. The maximum Gasteiger partial charge on any atom is 0.256 e. The fraction of sp³-hybridized carbons (Fsp3) is 0.857. The van der Waals surface area contributed by atoms with E-state index in [1.165, 1.54) is 6.42 Å². The molecular formula is C35H54FN5O5. The molecule has 4 aliphatic carbocycles. The van der Waals surface area contributed by atoms with Crippen LogP contribution in [0, 0.1) is 29.6 Å². The van der Waals surface area contributed by atoms with Crippen molar-refractivity contribution >= 4 is 17.5 Å². The molecule has 2 saturated heterocycles. The standard InChI is InChI=1S/C35H54FN5O5/c1-39(2)11-6-5-9-37-30-27(36)17-25-31-34(30)46-29-19-24-23(21-7-3-4-8-22(21)32(24)42)18-28(29)41(31)20-26(33(25)43)35(44)38-10-12-40-13-15-45-16-14-40/h20-25,27-31,34,37H,3-19H2,1-2H3,(H,38,44). The Kier molecular flexibility index (Phi) is 9.86. The van der Waals surface area contributed by atoms with Crippen LogP contribution in [0.4, 0.5) is 4.39 Å². The third-order valence-electron chi connectivity index (χ3n) is 12.4. The van der Waals surface area contributed by atoms with Gasteiger partial charge in [-0.05, 0) is 84.0 Å². The summed E-state index contributed by atoms with van der Waals surface area (Å²) in [5, 5.41) is 6.49. The van der Waals surface area contributed by atoms with E-state index in [-0.39, 0.29) is 53.7 Å². The summed E-state index contributed by atoms with van der Waals surface area (Å²) in [6, 6.07) is -0.880. The van der Waals surface area contributed by atoms with Gasteiger partial charge in [-0.15, -0.1) is 0 Å². The van der Waals surface area contributed by atoms with Crippen molar-refractivity contribution in [2.24, 2.45) is 29.6 Å². The number of hydrogen-bond donors (Lipinski definition) is 2. The van der Waals surface area contributed by atoms with Gasteiger partial charge in [-0.3, -0.25) is 19.3 Å². The van der Waals surface area contributed by atoms with Gasteiger partial charge in [-0.25, -0.2) is 4.39 Å². The number of ketones is 2. The molecule has 0 aromatic heterocycles. The van der Waals surface area contributed by atoms with Gasteiger partial charge in [0, 0.05) is 50.1 Å². The first-order chi connectivity index (χ1) is 22.3. The fourth-order valence-electron chi connectivity index (χ4n) is 10.2. The normalized spacial score (nSPS) is 40.6. The highest BCUT2D eigenvalue weighted by molar-refractivity contribution is 6.20. The summed E-state index contributed by atoms with van der Waals surface area (Å²) in [7, 11) is 4.11. The summed E-state index contributed by atoms with van der Waals surface area (Å²) in [4.78, 5) is 47.9. The number of rotatable bonds is 10. The zero-order valence-corrected chi connectivity index (χ0v) is 27.7. The SMILES string of the molecule is CN(C)CCCCNC1C(F)CC2C(=O)C(C(=O)NCCN3CCOCC3)=CN3C4CC5C(CC4OC1C23)C(=O)C1CCCCC15. The van der Waals surface area contributed by atoms with Crippen LogP contribution in [0.2, 0.25) is 0 Å². The quantitative estimate of drug-likeness (QED) is 0.273. The highest BCUT2D eigenvalue weighted by atomic mass is 19.1. The monoisotopic (exact) mass is 643 g/mol. The smallest absolute Gasteiger partial charge is 0.256 e. The van der Waals surface area contributed by atoms with Crippen LogP contribution in [0.25, 0.3) is 0 Å². The number of halogens is 1. The molecule has 0 spiro atoms. The van der Waals surface area contributed by atoms with Crippen LogP contribution in [0.1, 0.15) is 57.8 Å². The summed E-state index contributed by atoms with van der Waals surface area (Å²) >= 11 is 0. The van der Waals surface area contributed by atoms with Gasteiger partial charge in [-0.1, -0.05) is 12.8 Å². The summed E-state index contributed by atoms with van der Waals surface area (Å²) < 4.78 is 28.5. The van der Waals surface area contributed by atoms with Crippen molar-refractivity contribution in [3.8, 4) is 0 Å². The van der Waals surface area contributed by atoms with E-state index in [4.69, 9.17) is 9.47 Å². The average Bonchev–Trinajstić information content (AvgIpc) is 3.33. The molecule has 2 N–H and O–H groups in total. The molecule has 10 nitrogen and oxygen atoms in total. The Morgan fingerprint density at radius 2 is 1.80 bits per heavy atom. The Morgan fingerprint density at radius 1 is 1.00 bits per heavy atom. The molecule has 3 aliphatic heterocycles. The van der Waals surface area contributed by atoms with E-state index in [1.807, 2.05) is 6.20 Å². The Morgan fingerprint density at radius 3 is 2.61 bits per heavy atom. The summed E-state index contributed by atoms with van der Waals surface area (Å²) in [5.74, 6) is 0.0625. The number of ether oxygens (including phenoxy) is 2. The number of hydrogen-bond acceptors (Lipinski definition) is 9. The van der Waals surface area contributed by atoms with E-state index in [9.17, 15) is 14.4 Å². The Hall–Kier alpha value is -1.92. The molecule has 0 radical (unpaired) electrons. The number of unbranched alkanes of at least 4 members (excludes halogenated alkanes) is 1. The van der Waals surface area contributed by atoms with Gasteiger partial charge in [0.15, 0.2) is 5.78 Å². The summed E-state index contributed by atoms with van der Waals surface area (Å²) in [5.41, 5.74) is 0.144. The second kappa shape index (κ2) is 13.9. The van der Waals surface area contributed by atoms with E-state index in [0.29, 0.717) is 56.9 Å². The van der Waals surface area contributed by atoms with E-state index in [0.717, 1.165) is 58.2 Å². The van der Waals surface area contributed by atoms with Gasteiger partial charge < -0.3 is 29.9 Å². The highest BCUT2D eigenvalue weighted by Crippen LogP contribution is 2.55. The molecule has 0 aromatic rings. The zero-order valence-electron chi connectivity index (χ0n) is 27.7. The van der Waals surface area contributed by atoms with Crippen molar-refractivity contribution < 1.29 is 28.2 Å². The Bertz CT molecular complexity index is 1180. The first kappa shape index (κ1) is 32.6. The maximum atomic E-state index is 16.1. The van der Waals surface area contributed by atoms with Gasteiger partial charge in [0.2, 0.25) is 0 Å². The van der Waals surface area contributed by atoms with Gasteiger partial charge in [0.25, 0.3) is 5.91 Å². The number of fused-ring (bicyclic) bond motifs is 5. The van der Waals surface area contributed by atoms with E-state index < -0.39 is 24.2 Å². The lowest BCUT2D eigenvalue weighted by Gasteiger charge is -2.60. The van der Waals surface area contributed by atoms with Crippen molar-refractivity contribution in [2.75, 3.05) is 66.6 Å². The summed E-state index contributed by atoms with van der Waals surface area (Å²) in [6.07, 6.45) is 7.71. The minimum Gasteiger partial charge on any atom is -0.379 e. The van der Waals surface area contributed by atoms with Crippen molar-refractivity contribution in [3.63, 3.8) is 0 Å².